The SMILES string of the molecule is C=CCc1c(C(=O)O)cccc1C1(C(N)=O)CCCCN1c1ccccc1. The third kappa shape index (κ3) is 3.21. The minimum Gasteiger partial charge on any atom is -0.478 e. The van der Waals surface area contributed by atoms with E-state index in [1.54, 1.807) is 18.2 Å². The number of aromatic carboxylic acids is 1. The highest BCUT2D eigenvalue weighted by Crippen LogP contribution is 2.42. The summed E-state index contributed by atoms with van der Waals surface area (Å²) in [5, 5.41) is 9.66. The maximum absolute atomic E-state index is 12.9. The highest BCUT2D eigenvalue weighted by atomic mass is 16.4. The fourth-order valence-electron chi connectivity index (χ4n) is 4.14. The summed E-state index contributed by atoms with van der Waals surface area (Å²) in [5.41, 5.74) is 7.27. The lowest BCUT2D eigenvalue weighted by Crippen LogP contribution is -2.58. The van der Waals surface area contributed by atoms with Crippen molar-refractivity contribution < 1.29 is 14.7 Å². The normalized spacial score (nSPS) is 19.5. The van der Waals surface area contributed by atoms with E-state index < -0.39 is 17.4 Å². The van der Waals surface area contributed by atoms with Crippen molar-refractivity contribution in [3.05, 3.63) is 77.9 Å². The minimum absolute atomic E-state index is 0.187. The second-order valence-corrected chi connectivity index (χ2v) is 6.80. The van der Waals surface area contributed by atoms with Crippen LogP contribution in [-0.4, -0.2) is 23.5 Å². The molecular weight excluding hydrogens is 340 g/mol. The summed E-state index contributed by atoms with van der Waals surface area (Å²) in [6.07, 6.45) is 4.35. The van der Waals surface area contributed by atoms with Gasteiger partial charge in [-0.05, 0) is 55.0 Å². The van der Waals surface area contributed by atoms with Gasteiger partial charge in [0.15, 0.2) is 0 Å². The number of primary amides is 1. The summed E-state index contributed by atoms with van der Waals surface area (Å²) < 4.78 is 0. The number of para-hydroxylation sites is 1. The van der Waals surface area contributed by atoms with Gasteiger partial charge in [-0.15, -0.1) is 6.58 Å². The van der Waals surface area contributed by atoms with Gasteiger partial charge in [0.25, 0.3) is 0 Å². The number of anilines is 1. The number of carboxylic acid groups (broad SMARTS) is 1. The van der Waals surface area contributed by atoms with Crippen LogP contribution in [0.15, 0.2) is 61.2 Å². The number of rotatable bonds is 6. The van der Waals surface area contributed by atoms with Crippen LogP contribution >= 0.6 is 0 Å². The molecule has 0 aliphatic carbocycles. The average Bonchev–Trinajstić information content (AvgIpc) is 2.68. The van der Waals surface area contributed by atoms with Gasteiger partial charge >= 0.3 is 5.97 Å². The molecule has 2 aromatic carbocycles. The molecule has 5 nitrogen and oxygen atoms in total. The van der Waals surface area contributed by atoms with Crippen LogP contribution in [0.25, 0.3) is 0 Å². The molecule has 0 radical (unpaired) electrons. The first-order valence-electron chi connectivity index (χ1n) is 9.11. The highest BCUT2D eigenvalue weighted by molar-refractivity contribution is 5.94. The molecule has 0 aromatic heterocycles. The van der Waals surface area contributed by atoms with Crippen LogP contribution in [0.1, 0.15) is 40.7 Å². The Kier molecular flexibility index (Phi) is 5.31. The number of piperidine rings is 1. The molecule has 1 amide bonds. The van der Waals surface area contributed by atoms with E-state index in [2.05, 4.69) is 6.58 Å². The van der Waals surface area contributed by atoms with Crippen LogP contribution in [-0.2, 0) is 16.8 Å². The van der Waals surface area contributed by atoms with Crippen LogP contribution in [0.2, 0.25) is 0 Å². The van der Waals surface area contributed by atoms with Gasteiger partial charge in [-0.25, -0.2) is 4.79 Å². The summed E-state index contributed by atoms with van der Waals surface area (Å²) in [5.74, 6) is -1.48. The van der Waals surface area contributed by atoms with E-state index in [1.807, 2.05) is 41.3 Å². The first kappa shape index (κ1) is 18.7. The summed E-state index contributed by atoms with van der Waals surface area (Å²) in [6, 6.07) is 14.8. The molecule has 1 atom stereocenters. The lowest BCUT2D eigenvalue weighted by atomic mass is 9.75. The summed E-state index contributed by atoms with van der Waals surface area (Å²) in [4.78, 5) is 26.7. The Hall–Kier alpha value is -3.08. The summed E-state index contributed by atoms with van der Waals surface area (Å²) in [7, 11) is 0. The molecule has 0 bridgehead atoms. The highest BCUT2D eigenvalue weighted by Gasteiger charge is 2.47. The lowest BCUT2D eigenvalue weighted by Gasteiger charge is -2.47. The first-order chi connectivity index (χ1) is 13.0. The molecule has 1 fully saturated rings. The standard InChI is InChI=1S/C22H24N2O3/c1-2-9-17-18(20(25)26)12-8-13-19(17)22(21(23)27)14-6-7-15-24(22)16-10-4-3-5-11-16/h2-5,8,10-13H,1,6-7,9,14-15H2,(H2,23,27)(H,25,26). The van der Waals surface area contributed by atoms with Gasteiger partial charge in [0.2, 0.25) is 5.91 Å². The van der Waals surface area contributed by atoms with Gasteiger partial charge in [0, 0.05) is 12.2 Å². The molecule has 0 saturated carbocycles. The molecule has 1 heterocycles. The molecule has 27 heavy (non-hydrogen) atoms. The smallest absolute Gasteiger partial charge is 0.335 e. The minimum atomic E-state index is -1.08. The van der Waals surface area contributed by atoms with Gasteiger partial charge in [0.05, 0.1) is 5.56 Å². The predicted octanol–water partition coefficient (Wildman–Crippen LogP) is 3.48. The number of hydrogen-bond acceptors (Lipinski definition) is 3. The van der Waals surface area contributed by atoms with E-state index >= 15 is 0 Å². The zero-order chi connectivity index (χ0) is 19.4. The van der Waals surface area contributed by atoms with Gasteiger partial charge in [-0.2, -0.15) is 0 Å². The monoisotopic (exact) mass is 364 g/mol. The molecule has 1 aliphatic rings. The van der Waals surface area contributed by atoms with E-state index in [-0.39, 0.29) is 5.56 Å². The Morgan fingerprint density at radius 2 is 1.89 bits per heavy atom. The largest absolute Gasteiger partial charge is 0.478 e. The fourth-order valence-corrected chi connectivity index (χ4v) is 4.14. The Morgan fingerprint density at radius 3 is 2.52 bits per heavy atom. The van der Waals surface area contributed by atoms with E-state index in [0.29, 0.717) is 30.5 Å². The van der Waals surface area contributed by atoms with Crippen molar-refractivity contribution in [1.82, 2.24) is 0 Å². The van der Waals surface area contributed by atoms with Gasteiger partial charge in [-0.3, -0.25) is 4.79 Å². The lowest BCUT2D eigenvalue weighted by molar-refractivity contribution is -0.124. The van der Waals surface area contributed by atoms with Crippen LogP contribution in [0, 0.1) is 0 Å². The van der Waals surface area contributed by atoms with Gasteiger partial charge in [0.1, 0.15) is 5.54 Å². The molecule has 1 unspecified atom stereocenters. The zero-order valence-electron chi connectivity index (χ0n) is 15.2. The predicted molar refractivity (Wildman–Crippen MR) is 106 cm³/mol. The van der Waals surface area contributed by atoms with Crippen LogP contribution in [0.5, 0.6) is 0 Å². The molecule has 0 spiro atoms. The van der Waals surface area contributed by atoms with Crippen LogP contribution in [0.4, 0.5) is 5.69 Å². The van der Waals surface area contributed by atoms with E-state index in [9.17, 15) is 14.7 Å². The Morgan fingerprint density at radius 1 is 1.15 bits per heavy atom. The van der Waals surface area contributed by atoms with Crippen LogP contribution in [0.3, 0.4) is 0 Å². The summed E-state index contributed by atoms with van der Waals surface area (Å²) in [6.45, 7) is 4.44. The number of nitrogens with zero attached hydrogens (tertiary/aromatic N) is 1. The molecule has 1 aliphatic heterocycles. The van der Waals surface area contributed by atoms with E-state index in [4.69, 9.17) is 5.73 Å². The topological polar surface area (TPSA) is 83.6 Å². The zero-order valence-corrected chi connectivity index (χ0v) is 15.2. The maximum Gasteiger partial charge on any atom is 0.335 e. The number of amides is 1. The quantitative estimate of drug-likeness (QED) is 0.769. The fraction of sp³-hybridized carbons (Fsp3) is 0.273. The van der Waals surface area contributed by atoms with Crippen molar-refractivity contribution in [2.24, 2.45) is 5.73 Å². The second kappa shape index (κ2) is 7.66. The number of carbonyl (C=O) groups is 2. The average molecular weight is 364 g/mol. The molecule has 5 heteroatoms. The number of benzene rings is 2. The number of carbonyl (C=O) groups excluding carboxylic acids is 1. The van der Waals surface area contributed by atoms with Crippen molar-refractivity contribution in [1.29, 1.82) is 0 Å². The molecule has 2 aromatic rings. The van der Waals surface area contributed by atoms with Gasteiger partial charge < -0.3 is 15.7 Å². The van der Waals surface area contributed by atoms with Crippen LogP contribution < -0.4 is 10.6 Å². The Balaban J connectivity index is 2.28. The number of hydrogen-bond donors (Lipinski definition) is 2. The molecule has 3 N–H and O–H groups in total. The number of carboxylic acids is 1. The maximum atomic E-state index is 12.9. The number of nitrogens with two attached hydrogens (primary N) is 1. The Labute approximate surface area is 159 Å². The molecular formula is C22H24N2O3. The first-order valence-corrected chi connectivity index (χ1v) is 9.11. The van der Waals surface area contributed by atoms with Crippen molar-refractivity contribution in [3.63, 3.8) is 0 Å². The van der Waals surface area contributed by atoms with Crippen molar-refractivity contribution in [2.45, 2.75) is 31.2 Å². The molecule has 3 rings (SSSR count). The second-order valence-electron chi connectivity index (χ2n) is 6.80. The number of allylic oxidation sites excluding steroid dienone is 1. The molecule has 140 valence electrons. The Bertz CT molecular complexity index is 863. The third-order valence-corrected chi connectivity index (χ3v) is 5.31. The third-order valence-electron chi connectivity index (χ3n) is 5.31. The van der Waals surface area contributed by atoms with Gasteiger partial charge in [-0.1, -0.05) is 36.4 Å². The van der Waals surface area contributed by atoms with Crippen molar-refractivity contribution >= 4 is 17.6 Å². The van der Waals surface area contributed by atoms with Crippen molar-refractivity contribution in [2.75, 3.05) is 11.4 Å². The van der Waals surface area contributed by atoms with E-state index in [1.165, 1.54) is 0 Å². The molecule has 1 saturated heterocycles. The van der Waals surface area contributed by atoms with E-state index in [0.717, 1.165) is 18.5 Å². The van der Waals surface area contributed by atoms with Crippen molar-refractivity contribution in [3.8, 4) is 0 Å². The summed E-state index contributed by atoms with van der Waals surface area (Å²) >= 11 is 0.